The van der Waals surface area contributed by atoms with Gasteiger partial charge >= 0.3 is 18.0 Å². The molecule has 0 aliphatic carbocycles. The van der Waals surface area contributed by atoms with E-state index in [0.29, 0.717) is 11.0 Å². The maximum absolute atomic E-state index is 13.3. The van der Waals surface area contributed by atoms with Crippen LogP contribution in [0.3, 0.4) is 0 Å². The van der Waals surface area contributed by atoms with Gasteiger partial charge in [-0.25, -0.2) is 10.2 Å². The lowest BCUT2D eigenvalue weighted by Crippen LogP contribution is -2.47. The van der Waals surface area contributed by atoms with Gasteiger partial charge in [0.05, 0.1) is 13.2 Å². The SMILES string of the molecule is CCCCCCCCCCCCOC(=O)CN(CC(=O)OCCCCCCCCCCCC)C(=O)NNc1nc(-c2cccc3ccccc23)ns1. The number of carbonyl (C=O) groups excluding carboxylic acids is 3. The van der Waals surface area contributed by atoms with Gasteiger partial charge < -0.3 is 14.4 Å². The number of aromatic nitrogens is 2. The Labute approximate surface area is 316 Å². The fraction of sp³-hybridized carbons (Fsp3) is 0.634. The van der Waals surface area contributed by atoms with Crippen molar-refractivity contribution in [2.45, 2.75) is 142 Å². The van der Waals surface area contributed by atoms with Gasteiger partial charge in [-0.15, -0.1) is 0 Å². The Morgan fingerprint density at radius 2 is 1.12 bits per heavy atom. The van der Waals surface area contributed by atoms with Crippen molar-refractivity contribution in [2.24, 2.45) is 0 Å². The van der Waals surface area contributed by atoms with Crippen LogP contribution in [0.4, 0.5) is 9.93 Å². The average Bonchev–Trinajstić information content (AvgIpc) is 3.63. The number of unbranched alkanes of at least 4 members (excludes halogenated alkanes) is 18. The smallest absolute Gasteiger partial charge is 0.337 e. The fourth-order valence-electron chi connectivity index (χ4n) is 6.14. The van der Waals surface area contributed by atoms with Gasteiger partial charge in [0.15, 0.2) is 5.82 Å². The Balaban J connectivity index is 1.44. The minimum Gasteiger partial charge on any atom is -0.464 e. The van der Waals surface area contributed by atoms with E-state index in [9.17, 15) is 14.4 Å². The average molecular weight is 738 g/mol. The van der Waals surface area contributed by atoms with Gasteiger partial charge in [0.25, 0.3) is 0 Å². The summed E-state index contributed by atoms with van der Waals surface area (Å²) in [6.07, 6.45) is 23.6. The van der Waals surface area contributed by atoms with Crippen molar-refractivity contribution >= 4 is 45.4 Å². The van der Waals surface area contributed by atoms with Crippen LogP contribution >= 0.6 is 11.5 Å². The Bertz CT molecular complexity index is 1390. The molecule has 3 aromatic rings. The Kier molecular flexibility index (Phi) is 22.1. The molecule has 0 aliphatic heterocycles. The van der Waals surface area contributed by atoms with E-state index in [4.69, 9.17) is 9.47 Å². The summed E-state index contributed by atoms with van der Waals surface area (Å²) in [7, 11) is 0. The minimum atomic E-state index is -0.673. The molecule has 288 valence electrons. The van der Waals surface area contributed by atoms with Crippen molar-refractivity contribution in [1.82, 2.24) is 19.7 Å². The van der Waals surface area contributed by atoms with Crippen LogP contribution in [0.5, 0.6) is 0 Å². The first kappa shape index (κ1) is 42.7. The van der Waals surface area contributed by atoms with Crippen molar-refractivity contribution in [1.29, 1.82) is 0 Å². The van der Waals surface area contributed by atoms with Crippen molar-refractivity contribution < 1.29 is 23.9 Å². The number of ether oxygens (including phenoxy) is 2. The highest BCUT2D eigenvalue weighted by atomic mass is 32.1. The van der Waals surface area contributed by atoms with Gasteiger partial charge in [-0.2, -0.15) is 9.36 Å². The van der Waals surface area contributed by atoms with Crippen LogP contribution in [0.2, 0.25) is 0 Å². The first-order chi connectivity index (χ1) is 25.5. The summed E-state index contributed by atoms with van der Waals surface area (Å²) in [4.78, 5) is 44.4. The van der Waals surface area contributed by atoms with Crippen molar-refractivity contribution in [3.63, 3.8) is 0 Å². The van der Waals surface area contributed by atoms with Crippen molar-refractivity contribution in [3.8, 4) is 11.4 Å². The van der Waals surface area contributed by atoms with E-state index >= 15 is 0 Å². The third kappa shape index (κ3) is 17.7. The van der Waals surface area contributed by atoms with Crippen LogP contribution in [-0.4, -0.2) is 58.5 Å². The number of hydrogen-bond donors (Lipinski definition) is 2. The second-order valence-corrected chi connectivity index (χ2v) is 14.4. The van der Waals surface area contributed by atoms with Gasteiger partial charge in [-0.1, -0.05) is 172 Å². The summed E-state index contributed by atoms with van der Waals surface area (Å²) in [5, 5.41) is 2.47. The predicted molar refractivity (Wildman–Crippen MR) is 212 cm³/mol. The number of nitrogens with zero attached hydrogens (tertiary/aromatic N) is 3. The molecule has 0 saturated carbocycles. The predicted octanol–water partition coefficient (Wildman–Crippen LogP) is 10.6. The monoisotopic (exact) mass is 737 g/mol. The Hall–Kier alpha value is -3.73. The minimum absolute atomic E-state index is 0.286. The van der Waals surface area contributed by atoms with E-state index in [0.717, 1.165) is 71.3 Å². The molecule has 0 radical (unpaired) electrons. The molecule has 2 aromatic carbocycles. The molecule has 1 heterocycles. The largest absolute Gasteiger partial charge is 0.464 e. The molecule has 2 N–H and O–H groups in total. The molecule has 0 fully saturated rings. The molecule has 1 aromatic heterocycles. The number of esters is 2. The van der Waals surface area contributed by atoms with Gasteiger partial charge in [0.1, 0.15) is 13.1 Å². The molecule has 11 heteroatoms. The standard InChI is InChI=1S/C41H63N5O5S/c1-3-5-7-9-11-13-15-17-19-23-30-50-37(47)32-46(33-38(48)51-31-24-20-18-16-14-12-10-8-6-4-2)41(49)44-43-40-42-39(45-52-40)36-29-25-27-34-26-21-22-28-35(34)36/h21-22,25-29H,3-20,23-24,30-33H2,1-2H3,(H,44,49)(H,42,43,45). The maximum Gasteiger partial charge on any atom is 0.337 e. The summed E-state index contributed by atoms with van der Waals surface area (Å²) in [6, 6.07) is 13.3. The molecule has 0 spiro atoms. The molecule has 0 bridgehead atoms. The molecule has 10 nitrogen and oxygen atoms in total. The topological polar surface area (TPSA) is 123 Å². The lowest BCUT2D eigenvalue weighted by Gasteiger charge is -2.21. The number of benzene rings is 2. The normalized spacial score (nSPS) is 11.0. The third-order valence-electron chi connectivity index (χ3n) is 9.18. The number of carbonyl (C=O) groups is 3. The lowest BCUT2D eigenvalue weighted by molar-refractivity contribution is -0.147. The summed E-state index contributed by atoms with van der Waals surface area (Å²) in [5.74, 6) is -0.605. The molecule has 2 amide bonds. The quantitative estimate of drug-likeness (QED) is 0.0410. The van der Waals surface area contributed by atoms with Crippen LogP contribution in [0.25, 0.3) is 22.2 Å². The number of rotatable bonds is 29. The number of fused-ring (bicyclic) bond motifs is 1. The summed E-state index contributed by atoms with van der Waals surface area (Å²) in [5.41, 5.74) is 6.24. The zero-order valence-electron chi connectivity index (χ0n) is 31.8. The van der Waals surface area contributed by atoms with Gasteiger partial charge in [-0.05, 0) is 23.6 Å². The van der Waals surface area contributed by atoms with E-state index < -0.39 is 18.0 Å². The second kappa shape index (κ2) is 27.0. The molecule has 0 atom stereocenters. The highest BCUT2D eigenvalue weighted by molar-refractivity contribution is 7.09. The summed E-state index contributed by atoms with van der Waals surface area (Å²) < 4.78 is 15.4. The number of hydrazine groups is 1. The zero-order valence-corrected chi connectivity index (χ0v) is 32.6. The van der Waals surface area contributed by atoms with Gasteiger partial charge in [-0.3, -0.25) is 15.0 Å². The van der Waals surface area contributed by atoms with E-state index in [1.807, 2.05) is 42.5 Å². The van der Waals surface area contributed by atoms with Crippen LogP contribution < -0.4 is 10.9 Å². The van der Waals surface area contributed by atoms with Crippen LogP contribution in [0, 0.1) is 0 Å². The van der Waals surface area contributed by atoms with E-state index in [1.54, 1.807) is 0 Å². The number of hydrogen-bond acceptors (Lipinski definition) is 9. The van der Waals surface area contributed by atoms with E-state index in [1.165, 1.54) is 89.9 Å². The third-order valence-corrected chi connectivity index (χ3v) is 9.81. The molecule has 0 saturated heterocycles. The Morgan fingerprint density at radius 3 is 1.65 bits per heavy atom. The lowest BCUT2D eigenvalue weighted by atomic mass is 10.0. The number of anilines is 1. The Morgan fingerprint density at radius 1 is 0.635 bits per heavy atom. The van der Waals surface area contributed by atoms with Crippen LogP contribution in [0.15, 0.2) is 42.5 Å². The fourth-order valence-corrected chi connectivity index (χ4v) is 6.68. The first-order valence-electron chi connectivity index (χ1n) is 20.0. The first-order valence-corrected chi connectivity index (χ1v) is 20.7. The molecule has 3 rings (SSSR count). The van der Waals surface area contributed by atoms with E-state index in [-0.39, 0.29) is 26.3 Å². The maximum atomic E-state index is 13.3. The number of nitrogens with one attached hydrogen (secondary N) is 2. The summed E-state index contributed by atoms with van der Waals surface area (Å²) in [6.45, 7) is 4.28. The van der Waals surface area contributed by atoms with Gasteiger partial charge in [0, 0.05) is 17.1 Å². The van der Waals surface area contributed by atoms with Gasteiger partial charge in [0.2, 0.25) is 5.13 Å². The number of urea groups is 1. The van der Waals surface area contributed by atoms with E-state index in [2.05, 4.69) is 34.1 Å². The highest BCUT2D eigenvalue weighted by Gasteiger charge is 2.22. The van der Waals surface area contributed by atoms with Crippen LogP contribution in [0.1, 0.15) is 142 Å². The number of amides is 2. The zero-order chi connectivity index (χ0) is 37.1. The summed E-state index contributed by atoms with van der Waals surface area (Å²) >= 11 is 1.09. The molecular formula is C41H63N5O5S. The van der Waals surface area contributed by atoms with Crippen LogP contribution in [-0.2, 0) is 19.1 Å². The highest BCUT2D eigenvalue weighted by Crippen LogP contribution is 2.28. The van der Waals surface area contributed by atoms with Crippen molar-refractivity contribution in [3.05, 3.63) is 42.5 Å². The molecule has 0 aliphatic rings. The molecule has 0 unspecified atom stereocenters. The second-order valence-electron chi connectivity index (χ2n) is 13.7. The molecular weight excluding hydrogens is 675 g/mol. The molecule has 52 heavy (non-hydrogen) atoms. The van der Waals surface area contributed by atoms with Crippen molar-refractivity contribution in [2.75, 3.05) is 31.7 Å².